The first kappa shape index (κ1) is 15.5. The molecule has 6 nitrogen and oxygen atoms in total. The SMILES string of the molecule is Cn1cc([C@@H]2CN(CC(=O)NCC3CCC3)C[C@H]2CO)cn1. The molecule has 2 aliphatic rings. The minimum atomic E-state index is 0.107. The molecule has 1 aliphatic heterocycles. The van der Waals surface area contributed by atoms with Crippen molar-refractivity contribution in [3.05, 3.63) is 18.0 Å². The highest BCUT2D eigenvalue weighted by atomic mass is 16.3. The molecule has 2 heterocycles. The fraction of sp³-hybridized carbons (Fsp3) is 0.750. The van der Waals surface area contributed by atoms with Crippen LogP contribution in [0.3, 0.4) is 0 Å². The first-order valence-corrected chi connectivity index (χ1v) is 8.24. The predicted molar refractivity (Wildman–Crippen MR) is 83.3 cm³/mol. The second-order valence-electron chi connectivity index (χ2n) is 6.79. The van der Waals surface area contributed by atoms with Crippen LogP contribution in [0.1, 0.15) is 30.7 Å². The van der Waals surface area contributed by atoms with E-state index in [1.807, 2.05) is 19.4 Å². The first-order valence-electron chi connectivity index (χ1n) is 8.24. The molecule has 3 rings (SSSR count). The van der Waals surface area contributed by atoms with Crippen molar-refractivity contribution in [1.82, 2.24) is 20.0 Å². The predicted octanol–water partition coefficient (Wildman–Crippen LogP) is 0.344. The number of aliphatic hydroxyl groups excluding tert-OH is 1. The quantitative estimate of drug-likeness (QED) is 0.795. The molecule has 2 atom stereocenters. The highest BCUT2D eigenvalue weighted by Crippen LogP contribution is 2.32. The summed E-state index contributed by atoms with van der Waals surface area (Å²) in [5.41, 5.74) is 1.15. The molecule has 122 valence electrons. The van der Waals surface area contributed by atoms with Gasteiger partial charge in [-0.1, -0.05) is 6.42 Å². The van der Waals surface area contributed by atoms with Crippen molar-refractivity contribution < 1.29 is 9.90 Å². The summed E-state index contributed by atoms with van der Waals surface area (Å²) in [5, 5.41) is 16.9. The number of nitrogens with zero attached hydrogens (tertiary/aromatic N) is 3. The van der Waals surface area contributed by atoms with Gasteiger partial charge in [0.2, 0.25) is 5.91 Å². The van der Waals surface area contributed by atoms with Crippen LogP contribution >= 0.6 is 0 Å². The van der Waals surface area contributed by atoms with E-state index in [0.29, 0.717) is 12.5 Å². The Bertz CT molecular complexity index is 512. The van der Waals surface area contributed by atoms with E-state index in [1.54, 1.807) is 4.68 Å². The molecule has 1 aromatic heterocycles. The number of hydrogen-bond acceptors (Lipinski definition) is 4. The third-order valence-electron chi connectivity index (χ3n) is 5.08. The van der Waals surface area contributed by atoms with E-state index in [0.717, 1.165) is 25.2 Å². The van der Waals surface area contributed by atoms with Gasteiger partial charge in [0.15, 0.2) is 0 Å². The van der Waals surface area contributed by atoms with Crippen LogP contribution in [-0.2, 0) is 11.8 Å². The Morgan fingerprint density at radius 1 is 1.45 bits per heavy atom. The topological polar surface area (TPSA) is 70.4 Å². The Kier molecular flexibility index (Phi) is 4.78. The number of aliphatic hydroxyl groups is 1. The lowest BCUT2D eigenvalue weighted by Crippen LogP contribution is -2.39. The Balaban J connectivity index is 1.51. The van der Waals surface area contributed by atoms with Gasteiger partial charge in [-0.05, 0) is 24.3 Å². The Labute approximate surface area is 131 Å². The number of likely N-dealkylation sites (tertiary alicyclic amines) is 1. The molecule has 1 aliphatic carbocycles. The molecule has 0 aromatic carbocycles. The van der Waals surface area contributed by atoms with Crippen LogP contribution in [0.5, 0.6) is 0 Å². The minimum Gasteiger partial charge on any atom is -0.396 e. The summed E-state index contributed by atoms with van der Waals surface area (Å²) in [6.45, 7) is 2.99. The number of hydrogen-bond donors (Lipinski definition) is 2. The second kappa shape index (κ2) is 6.79. The van der Waals surface area contributed by atoms with Gasteiger partial charge in [-0.25, -0.2) is 0 Å². The molecule has 6 heteroatoms. The van der Waals surface area contributed by atoms with Gasteiger partial charge in [0.1, 0.15) is 0 Å². The van der Waals surface area contributed by atoms with E-state index in [-0.39, 0.29) is 24.3 Å². The van der Waals surface area contributed by atoms with Gasteiger partial charge < -0.3 is 10.4 Å². The Morgan fingerprint density at radius 3 is 2.86 bits per heavy atom. The number of carbonyl (C=O) groups excluding carboxylic acids is 1. The zero-order valence-corrected chi connectivity index (χ0v) is 13.2. The van der Waals surface area contributed by atoms with Crippen molar-refractivity contribution >= 4 is 5.91 Å². The maximum absolute atomic E-state index is 12.1. The monoisotopic (exact) mass is 306 g/mol. The molecule has 0 bridgehead atoms. The zero-order valence-electron chi connectivity index (χ0n) is 13.2. The molecule has 0 unspecified atom stereocenters. The fourth-order valence-corrected chi connectivity index (χ4v) is 3.50. The van der Waals surface area contributed by atoms with Gasteiger partial charge in [0, 0.05) is 51.3 Å². The molecule has 2 fully saturated rings. The van der Waals surface area contributed by atoms with Gasteiger partial charge in [-0.2, -0.15) is 5.10 Å². The molecular weight excluding hydrogens is 280 g/mol. The largest absolute Gasteiger partial charge is 0.396 e. The third-order valence-corrected chi connectivity index (χ3v) is 5.08. The number of aryl methyl sites for hydroxylation is 1. The van der Waals surface area contributed by atoms with Crippen LogP contribution in [0.4, 0.5) is 0 Å². The van der Waals surface area contributed by atoms with Crippen LogP contribution in [0.25, 0.3) is 0 Å². The zero-order chi connectivity index (χ0) is 15.5. The average Bonchev–Trinajstić information content (AvgIpc) is 3.03. The lowest BCUT2D eigenvalue weighted by atomic mass is 9.85. The van der Waals surface area contributed by atoms with Crippen LogP contribution in [0, 0.1) is 11.8 Å². The summed E-state index contributed by atoms with van der Waals surface area (Å²) in [7, 11) is 1.90. The van der Waals surface area contributed by atoms with E-state index in [4.69, 9.17) is 0 Å². The molecule has 1 saturated heterocycles. The molecular formula is C16H26N4O2. The standard InChI is InChI=1S/C16H26N4O2/c1-19-7-13(6-18-19)15-9-20(8-14(15)11-21)10-16(22)17-5-12-3-2-4-12/h6-7,12,14-15,21H,2-5,8-11H2,1H3,(H,17,22)/t14-,15-/m0/s1. The molecule has 0 radical (unpaired) electrons. The summed E-state index contributed by atoms with van der Waals surface area (Å²) in [6.07, 6.45) is 7.68. The van der Waals surface area contributed by atoms with Gasteiger partial charge in [-0.3, -0.25) is 14.4 Å². The highest BCUT2D eigenvalue weighted by Gasteiger charge is 2.34. The van der Waals surface area contributed by atoms with Gasteiger partial charge >= 0.3 is 0 Å². The number of aromatic nitrogens is 2. The van der Waals surface area contributed by atoms with E-state index >= 15 is 0 Å². The smallest absolute Gasteiger partial charge is 0.234 e. The summed E-state index contributed by atoms with van der Waals surface area (Å²) in [4.78, 5) is 14.2. The second-order valence-corrected chi connectivity index (χ2v) is 6.79. The molecule has 2 N–H and O–H groups in total. The van der Waals surface area contributed by atoms with Gasteiger partial charge in [0.25, 0.3) is 0 Å². The number of carbonyl (C=O) groups is 1. The van der Waals surface area contributed by atoms with E-state index in [1.165, 1.54) is 19.3 Å². The molecule has 0 spiro atoms. The minimum absolute atomic E-state index is 0.107. The lowest BCUT2D eigenvalue weighted by molar-refractivity contribution is -0.122. The van der Waals surface area contributed by atoms with Crippen molar-refractivity contribution in [3.63, 3.8) is 0 Å². The molecule has 22 heavy (non-hydrogen) atoms. The third kappa shape index (κ3) is 3.50. The maximum Gasteiger partial charge on any atom is 0.234 e. The van der Waals surface area contributed by atoms with Crippen LogP contribution in [-0.4, -0.2) is 58.5 Å². The van der Waals surface area contributed by atoms with E-state index in [2.05, 4.69) is 15.3 Å². The van der Waals surface area contributed by atoms with Crippen LogP contribution < -0.4 is 5.32 Å². The van der Waals surface area contributed by atoms with Gasteiger partial charge in [0.05, 0.1) is 12.7 Å². The van der Waals surface area contributed by atoms with Crippen LogP contribution in [0.2, 0.25) is 0 Å². The normalized spacial score (nSPS) is 26.1. The summed E-state index contributed by atoms with van der Waals surface area (Å²) in [5.74, 6) is 1.24. The van der Waals surface area contributed by atoms with Crippen molar-refractivity contribution in [3.8, 4) is 0 Å². The van der Waals surface area contributed by atoms with E-state index in [9.17, 15) is 9.90 Å². The average molecular weight is 306 g/mol. The number of nitrogens with one attached hydrogen (secondary N) is 1. The molecule has 1 amide bonds. The van der Waals surface area contributed by atoms with Crippen molar-refractivity contribution in [2.75, 3.05) is 32.8 Å². The first-order chi connectivity index (χ1) is 10.7. The number of rotatable bonds is 6. The van der Waals surface area contributed by atoms with Gasteiger partial charge in [-0.15, -0.1) is 0 Å². The summed E-state index contributed by atoms with van der Waals surface area (Å²) in [6, 6.07) is 0. The molecule has 1 saturated carbocycles. The van der Waals surface area contributed by atoms with Crippen LogP contribution in [0.15, 0.2) is 12.4 Å². The maximum atomic E-state index is 12.1. The Hall–Kier alpha value is -1.40. The van der Waals surface area contributed by atoms with Crippen molar-refractivity contribution in [1.29, 1.82) is 0 Å². The van der Waals surface area contributed by atoms with Crippen molar-refractivity contribution in [2.24, 2.45) is 18.9 Å². The van der Waals surface area contributed by atoms with E-state index < -0.39 is 0 Å². The highest BCUT2D eigenvalue weighted by molar-refractivity contribution is 5.78. The summed E-state index contributed by atoms with van der Waals surface area (Å²) >= 11 is 0. The van der Waals surface area contributed by atoms with Crippen molar-refractivity contribution in [2.45, 2.75) is 25.2 Å². The number of amides is 1. The molecule has 1 aromatic rings. The fourth-order valence-electron chi connectivity index (χ4n) is 3.50. The Morgan fingerprint density at radius 2 is 2.27 bits per heavy atom. The summed E-state index contributed by atoms with van der Waals surface area (Å²) < 4.78 is 1.79. The lowest BCUT2D eigenvalue weighted by Gasteiger charge is -2.25.